The van der Waals surface area contributed by atoms with Crippen molar-refractivity contribution in [1.82, 2.24) is 0 Å². The van der Waals surface area contributed by atoms with Crippen LogP contribution in [0.3, 0.4) is 0 Å². The molecule has 0 aromatic heterocycles. The highest BCUT2D eigenvalue weighted by Crippen LogP contribution is 2.51. The number of carbonyl (C=O) groups is 2. The van der Waals surface area contributed by atoms with E-state index in [2.05, 4.69) is 6.92 Å². The zero-order chi connectivity index (χ0) is 11.1. The molecule has 3 heteroatoms. The summed E-state index contributed by atoms with van der Waals surface area (Å²) in [7, 11) is 0. The van der Waals surface area contributed by atoms with E-state index in [0.29, 0.717) is 25.4 Å². The predicted molar refractivity (Wildman–Crippen MR) is 55.2 cm³/mol. The first-order valence-electron chi connectivity index (χ1n) is 5.83. The molecule has 0 aliphatic heterocycles. The standard InChI is InChI=1S/C12H18O3/c1-3-15-11(14)12-6-4-8(2)9(5-7-12)10(12)13/h8-9H,3-7H2,1-2H3. The van der Waals surface area contributed by atoms with E-state index in [-0.39, 0.29) is 17.7 Å². The van der Waals surface area contributed by atoms with Gasteiger partial charge in [0.05, 0.1) is 6.61 Å². The highest BCUT2D eigenvalue weighted by atomic mass is 16.5. The number of ether oxygens (including phenoxy) is 1. The molecule has 15 heavy (non-hydrogen) atoms. The molecule has 0 saturated heterocycles. The van der Waals surface area contributed by atoms with Gasteiger partial charge in [0.2, 0.25) is 0 Å². The van der Waals surface area contributed by atoms with Gasteiger partial charge in [-0.2, -0.15) is 0 Å². The molecular weight excluding hydrogens is 192 g/mol. The van der Waals surface area contributed by atoms with Crippen LogP contribution in [0.1, 0.15) is 39.5 Å². The maximum Gasteiger partial charge on any atom is 0.319 e. The van der Waals surface area contributed by atoms with Crippen molar-refractivity contribution in [2.45, 2.75) is 39.5 Å². The topological polar surface area (TPSA) is 43.4 Å². The van der Waals surface area contributed by atoms with Gasteiger partial charge in [-0.3, -0.25) is 9.59 Å². The summed E-state index contributed by atoms with van der Waals surface area (Å²) in [5.41, 5.74) is -0.757. The van der Waals surface area contributed by atoms with E-state index in [0.717, 1.165) is 12.8 Å². The molecule has 3 atom stereocenters. The maximum absolute atomic E-state index is 12.1. The first-order valence-corrected chi connectivity index (χ1v) is 5.83. The van der Waals surface area contributed by atoms with Crippen LogP contribution in [0.25, 0.3) is 0 Å². The Kier molecular flexibility index (Phi) is 2.57. The summed E-state index contributed by atoms with van der Waals surface area (Å²) < 4.78 is 5.05. The van der Waals surface area contributed by atoms with Crippen molar-refractivity contribution in [2.75, 3.05) is 6.61 Å². The number of esters is 1. The second-order valence-corrected chi connectivity index (χ2v) is 4.83. The van der Waals surface area contributed by atoms with Crippen molar-refractivity contribution in [3.8, 4) is 0 Å². The molecule has 0 aromatic carbocycles. The van der Waals surface area contributed by atoms with Crippen molar-refractivity contribution in [3.05, 3.63) is 0 Å². The molecule has 0 radical (unpaired) electrons. The summed E-state index contributed by atoms with van der Waals surface area (Å²) in [5, 5.41) is 0. The summed E-state index contributed by atoms with van der Waals surface area (Å²) in [6.45, 7) is 4.27. The molecule has 0 amide bonds. The minimum Gasteiger partial charge on any atom is -0.465 e. The van der Waals surface area contributed by atoms with Crippen molar-refractivity contribution in [3.63, 3.8) is 0 Å². The summed E-state index contributed by atoms with van der Waals surface area (Å²) >= 11 is 0. The molecule has 84 valence electrons. The molecule has 2 bridgehead atoms. The van der Waals surface area contributed by atoms with Gasteiger partial charge in [0.15, 0.2) is 5.78 Å². The number of carbonyl (C=O) groups excluding carboxylic acids is 2. The first kappa shape index (κ1) is 10.7. The van der Waals surface area contributed by atoms with Gasteiger partial charge in [0.25, 0.3) is 0 Å². The zero-order valence-corrected chi connectivity index (χ0v) is 9.41. The average molecular weight is 210 g/mol. The average Bonchev–Trinajstić information content (AvgIpc) is 2.42. The SMILES string of the molecule is CCOC(=O)C12CCC(C)C(CC1)C2=O. The molecule has 3 unspecified atom stereocenters. The summed E-state index contributed by atoms with van der Waals surface area (Å²) in [5.74, 6) is 0.440. The van der Waals surface area contributed by atoms with Crippen LogP contribution in [0.2, 0.25) is 0 Å². The Morgan fingerprint density at radius 3 is 2.80 bits per heavy atom. The molecule has 0 spiro atoms. The van der Waals surface area contributed by atoms with E-state index in [9.17, 15) is 9.59 Å². The Bertz CT molecular complexity index is 297. The normalized spacial score (nSPS) is 39.2. The third-order valence-electron chi connectivity index (χ3n) is 4.07. The number of Topliss-reactive ketones (excluding diaryl/α,β-unsaturated/α-hetero) is 1. The fraction of sp³-hybridized carbons (Fsp3) is 0.833. The molecule has 2 saturated carbocycles. The highest BCUT2D eigenvalue weighted by Gasteiger charge is 2.57. The van der Waals surface area contributed by atoms with Gasteiger partial charge >= 0.3 is 5.97 Å². The largest absolute Gasteiger partial charge is 0.465 e. The fourth-order valence-electron chi connectivity index (χ4n) is 3.05. The highest BCUT2D eigenvalue weighted by molar-refractivity contribution is 6.07. The zero-order valence-electron chi connectivity index (χ0n) is 9.41. The van der Waals surface area contributed by atoms with E-state index in [1.165, 1.54) is 0 Å². The molecule has 0 heterocycles. The molecule has 2 aliphatic carbocycles. The van der Waals surface area contributed by atoms with Gasteiger partial charge in [0.1, 0.15) is 5.41 Å². The van der Waals surface area contributed by atoms with E-state index < -0.39 is 5.41 Å². The Morgan fingerprint density at radius 1 is 1.47 bits per heavy atom. The van der Waals surface area contributed by atoms with E-state index >= 15 is 0 Å². The monoisotopic (exact) mass is 210 g/mol. The smallest absolute Gasteiger partial charge is 0.319 e. The Morgan fingerprint density at radius 2 is 2.13 bits per heavy atom. The van der Waals surface area contributed by atoms with Gasteiger partial charge in [-0.05, 0) is 38.5 Å². The number of hydrogen-bond donors (Lipinski definition) is 0. The lowest BCUT2D eigenvalue weighted by atomic mass is 9.71. The lowest BCUT2D eigenvalue weighted by Gasteiger charge is -2.32. The van der Waals surface area contributed by atoms with Crippen LogP contribution in [-0.2, 0) is 14.3 Å². The number of ketones is 1. The molecule has 0 N–H and O–H groups in total. The molecule has 2 rings (SSSR count). The van der Waals surface area contributed by atoms with Crippen molar-refractivity contribution in [1.29, 1.82) is 0 Å². The van der Waals surface area contributed by atoms with Gasteiger partial charge < -0.3 is 4.74 Å². The van der Waals surface area contributed by atoms with Gasteiger partial charge in [0, 0.05) is 5.92 Å². The minimum atomic E-state index is -0.757. The summed E-state index contributed by atoms with van der Waals surface area (Å²) in [4.78, 5) is 24.0. The van der Waals surface area contributed by atoms with Crippen molar-refractivity contribution < 1.29 is 14.3 Å². The third-order valence-corrected chi connectivity index (χ3v) is 4.07. The lowest BCUT2D eigenvalue weighted by molar-refractivity contribution is -0.161. The molecule has 2 aliphatic rings. The predicted octanol–water partition coefficient (Wildman–Crippen LogP) is 1.94. The fourth-order valence-corrected chi connectivity index (χ4v) is 3.05. The Balaban J connectivity index is 2.23. The third kappa shape index (κ3) is 1.40. The number of hydrogen-bond acceptors (Lipinski definition) is 3. The molecule has 0 aromatic rings. The first-order chi connectivity index (χ1) is 7.12. The maximum atomic E-state index is 12.1. The van der Waals surface area contributed by atoms with Crippen LogP contribution >= 0.6 is 0 Å². The van der Waals surface area contributed by atoms with Gasteiger partial charge in [-0.1, -0.05) is 6.92 Å². The van der Waals surface area contributed by atoms with Crippen LogP contribution in [0, 0.1) is 17.3 Å². The quantitative estimate of drug-likeness (QED) is 0.517. The number of rotatable bonds is 2. The van der Waals surface area contributed by atoms with Crippen LogP contribution < -0.4 is 0 Å². The van der Waals surface area contributed by atoms with Gasteiger partial charge in [-0.15, -0.1) is 0 Å². The Labute approximate surface area is 90.2 Å². The van der Waals surface area contributed by atoms with Crippen LogP contribution in [0.15, 0.2) is 0 Å². The van der Waals surface area contributed by atoms with E-state index in [1.807, 2.05) is 0 Å². The Hall–Kier alpha value is -0.860. The molecule has 3 nitrogen and oxygen atoms in total. The van der Waals surface area contributed by atoms with Crippen LogP contribution in [-0.4, -0.2) is 18.4 Å². The van der Waals surface area contributed by atoms with Gasteiger partial charge in [-0.25, -0.2) is 0 Å². The molecule has 2 fully saturated rings. The second kappa shape index (κ2) is 3.62. The molecular formula is C12H18O3. The van der Waals surface area contributed by atoms with Crippen LogP contribution in [0.4, 0.5) is 0 Å². The number of fused-ring (bicyclic) bond motifs is 2. The van der Waals surface area contributed by atoms with E-state index in [1.54, 1.807) is 6.92 Å². The van der Waals surface area contributed by atoms with Crippen LogP contribution in [0.5, 0.6) is 0 Å². The summed E-state index contributed by atoms with van der Waals surface area (Å²) in [6, 6.07) is 0. The second-order valence-electron chi connectivity index (χ2n) is 4.83. The lowest BCUT2D eigenvalue weighted by Crippen LogP contribution is -2.43. The van der Waals surface area contributed by atoms with Crippen molar-refractivity contribution in [2.24, 2.45) is 17.3 Å². The van der Waals surface area contributed by atoms with Crippen molar-refractivity contribution >= 4 is 11.8 Å². The minimum absolute atomic E-state index is 0.114. The summed E-state index contributed by atoms with van der Waals surface area (Å²) in [6.07, 6.45) is 3.26. The van der Waals surface area contributed by atoms with E-state index in [4.69, 9.17) is 4.74 Å².